The number of pyridine rings is 1. The van der Waals surface area contributed by atoms with Gasteiger partial charge in [-0.25, -0.2) is 4.98 Å². The molecule has 1 aromatic carbocycles. The minimum atomic E-state index is 0.333. The second-order valence-corrected chi connectivity index (χ2v) is 7.32. The molecule has 1 unspecified atom stereocenters. The molecule has 0 amide bonds. The summed E-state index contributed by atoms with van der Waals surface area (Å²) in [6.07, 6.45) is 9.77. The first-order valence-corrected chi connectivity index (χ1v) is 9.91. The molecule has 146 valence electrons. The minimum absolute atomic E-state index is 0.333. The highest BCUT2D eigenvalue weighted by Gasteiger charge is 2.27. The molecule has 0 N–H and O–H groups in total. The first-order chi connectivity index (χ1) is 14.4. The lowest BCUT2D eigenvalue weighted by atomic mass is 9.97. The smallest absolute Gasteiger partial charge is 0.266 e. The van der Waals surface area contributed by atoms with E-state index in [0.29, 0.717) is 17.8 Å². The van der Waals surface area contributed by atoms with Gasteiger partial charge in [0.15, 0.2) is 0 Å². The number of nitrogens with zero attached hydrogens (tertiary/aromatic N) is 6. The normalized spacial score (nSPS) is 16.8. The summed E-state index contributed by atoms with van der Waals surface area (Å²) in [7, 11) is 0. The molecule has 0 aliphatic carbocycles. The second-order valence-electron chi connectivity index (χ2n) is 7.32. The first kappa shape index (κ1) is 17.6. The number of rotatable bonds is 5. The fourth-order valence-electron chi connectivity index (χ4n) is 3.91. The number of aromatic nitrogens is 5. The van der Waals surface area contributed by atoms with E-state index in [-0.39, 0.29) is 0 Å². The molecular formula is C22H22N6O. The van der Waals surface area contributed by atoms with E-state index in [1.54, 1.807) is 0 Å². The number of hydrogen-bond acceptors (Lipinski definition) is 6. The van der Waals surface area contributed by atoms with Crippen molar-refractivity contribution in [1.82, 2.24) is 24.7 Å². The Kier molecular flexibility index (Phi) is 4.78. The maximum atomic E-state index is 5.50. The van der Waals surface area contributed by atoms with E-state index >= 15 is 0 Å². The largest absolute Gasteiger partial charge is 0.337 e. The van der Waals surface area contributed by atoms with Gasteiger partial charge in [0.05, 0.1) is 0 Å². The van der Waals surface area contributed by atoms with Crippen molar-refractivity contribution in [3.8, 4) is 11.5 Å². The van der Waals surface area contributed by atoms with Crippen LogP contribution in [-0.2, 0) is 6.54 Å². The molecule has 4 heterocycles. The molecule has 1 aliphatic rings. The molecule has 1 atom stereocenters. The van der Waals surface area contributed by atoms with Crippen LogP contribution in [0, 0.1) is 0 Å². The Morgan fingerprint density at radius 2 is 1.90 bits per heavy atom. The van der Waals surface area contributed by atoms with Crippen LogP contribution in [-0.4, -0.2) is 37.8 Å². The van der Waals surface area contributed by atoms with Crippen LogP contribution in [0.5, 0.6) is 0 Å². The quantitative estimate of drug-likeness (QED) is 0.520. The number of piperidine rings is 1. The summed E-state index contributed by atoms with van der Waals surface area (Å²) in [4.78, 5) is 15.6. The molecule has 0 saturated carbocycles. The van der Waals surface area contributed by atoms with E-state index in [4.69, 9.17) is 4.52 Å². The molecule has 3 aromatic heterocycles. The molecule has 7 nitrogen and oxygen atoms in total. The van der Waals surface area contributed by atoms with Crippen LogP contribution >= 0.6 is 0 Å². The van der Waals surface area contributed by atoms with Gasteiger partial charge in [-0.05, 0) is 47.8 Å². The van der Waals surface area contributed by atoms with Crippen molar-refractivity contribution >= 4 is 5.95 Å². The molecule has 1 fully saturated rings. The van der Waals surface area contributed by atoms with Gasteiger partial charge in [-0.15, -0.1) is 0 Å². The summed E-state index contributed by atoms with van der Waals surface area (Å²) in [6, 6.07) is 14.0. The zero-order chi connectivity index (χ0) is 19.5. The number of anilines is 1. The van der Waals surface area contributed by atoms with Gasteiger partial charge in [-0.3, -0.25) is 4.98 Å². The first-order valence-electron chi connectivity index (χ1n) is 9.91. The highest BCUT2D eigenvalue weighted by molar-refractivity contribution is 5.54. The van der Waals surface area contributed by atoms with Crippen molar-refractivity contribution in [2.45, 2.75) is 25.3 Å². The summed E-state index contributed by atoms with van der Waals surface area (Å²) in [5, 5.41) is 4.23. The molecule has 1 saturated heterocycles. The van der Waals surface area contributed by atoms with Gasteiger partial charge in [-0.1, -0.05) is 18.2 Å². The third kappa shape index (κ3) is 3.76. The Bertz CT molecular complexity index is 1060. The van der Waals surface area contributed by atoms with Crippen LogP contribution in [0.4, 0.5) is 5.95 Å². The highest BCUT2D eigenvalue weighted by atomic mass is 16.5. The average molecular weight is 386 g/mol. The van der Waals surface area contributed by atoms with Crippen LogP contribution < -0.4 is 4.90 Å². The topological polar surface area (TPSA) is 72.9 Å². The average Bonchev–Trinajstić information content (AvgIpc) is 3.45. The van der Waals surface area contributed by atoms with E-state index in [1.807, 2.05) is 61.1 Å². The van der Waals surface area contributed by atoms with Crippen molar-refractivity contribution in [1.29, 1.82) is 0 Å². The minimum Gasteiger partial charge on any atom is -0.337 e. The van der Waals surface area contributed by atoms with Gasteiger partial charge in [0.1, 0.15) is 5.82 Å². The second kappa shape index (κ2) is 7.87. The van der Waals surface area contributed by atoms with Gasteiger partial charge in [0.2, 0.25) is 0 Å². The number of hydrogen-bond donors (Lipinski definition) is 0. The van der Waals surface area contributed by atoms with E-state index in [1.165, 1.54) is 5.56 Å². The van der Waals surface area contributed by atoms with Gasteiger partial charge >= 0.3 is 0 Å². The van der Waals surface area contributed by atoms with Crippen LogP contribution in [0.3, 0.4) is 0 Å². The van der Waals surface area contributed by atoms with Gasteiger partial charge in [0, 0.05) is 55.9 Å². The molecule has 0 spiro atoms. The molecular weight excluding hydrogens is 364 g/mol. The van der Waals surface area contributed by atoms with Crippen LogP contribution in [0.1, 0.15) is 30.1 Å². The van der Waals surface area contributed by atoms with Crippen molar-refractivity contribution < 1.29 is 4.52 Å². The fourth-order valence-corrected chi connectivity index (χ4v) is 3.91. The number of benzene rings is 1. The molecule has 0 radical (unpaired) electrons. The highest BCUT2D eigenvalue weighted by Crippen LogP contribution is 2.29. The molecule has 4 aromatic rings. The maximum absolute atomic E-state index is 5.50. The van der Waals surface area contributed by atoms with Crippen molar-refractivity contribution in [2.24, 2.45) is 0 Å². The maximum Gasteiger partial charge on any atom is 0.266 e. The summed E-state index contributed by atoms with van der Waals surface area (Å²) in [5.41, 5.74) is 2.16. The Labute approximate surface area is 169 Å². The molecule has 1 aliphatic heterocycles. The Balaban J connectivity index is 1.33. The van der Waals surface area contributed by atoms with E-state index in [2.05, 4.69) is 35.8 Å². The molecule has 0 bridgehead atoms. The lowest BCUT2D eigenvalue weighted by molar-refractivity contribution is 0.420. The third-order valence-corrected chi connectivity index (χ3v) is 5.36. The summed E-state index contributed by atoms with van der Waals surface area (Å²) in [5.74, 6) is 2.65. The zero-order valence-electron chi connectivity index (χ0n) is 16.1. The Morgan fingerprint density at radius 1 is 1.03 bits per heavy atom. The lowest BCUT2D eigenvalue weighted by Gasteiger charge is -2.31. The van der Waals surface area contributed by atoms with Crippen molar-refractivity contribution in [3.63, 3.8) is 0 Å². The Hall–Kier alpha value is -3.48. The molecule has 5 rings (SSSR count). The zero-order valence-corrected chi connectivity index (χ0v) is 16.1. The number of imidazole rings is 1. The SMILES string of the molecule is c1ccc(-c2nc(N3CCCC(c4nccn4Cc4ccncc4)C3)no2)cc1. The van der Waals surface area contributed by atoms with Gasteiger partial charge in [-0.2, -0.15) is 4.98 Å². The van der Waals surface area contributed by atoms with E-state index in [9.17, 15) is 0 Å². The van der Waals surface area contributed by atoms with Crippen LogP contribution in [0.25, 0.3) is 11.5 Å². The standard InChI is InChI=1S/C22H22N6O/c1-2-5-18(6-3-1)21-25-22(26-29-21)28-13-4-7-19(16-28)20-24-12-14-27(20)15-17-8-10-23-11-9-17/h1-3,5-6,8-12,14,19H,4,7,13,15-16H2. The van der Waals surface area contributed by atoms with Crippen LogP contribution in [0.2, 0.25) is 0 Å². The van der Waals surface area contributed by atoms with Gasteiger partial charge in [0.25, 0.3) is 11.8 Å². The van der Waals surface area contributed by atoms with E-state index < -0.39 is 0 Å². The fraction of sp³-hybridized carbons (Fsp3) is 0.273. The predicted octanol–water partition coefficient (Wildman–Crippen LogP) is 3.76. The third-order valence-electron chi connectivity index (χ3n) is 5.36. The summed E-state index contributed by atoms with van der Waals surface area (Å²) < 4.78 is 7.73. The van der Waals surface area contributed by atoms with E-state index in [0.717, 1.165) is 43.9 Å². The van der Waals surface area contributed by atoms with Crippen molar-refractivity contribution in [2.75, 3.05) is 18.0 Å². The van der Waals surface area contributed by atoms with Crippen LogP contribution in [0.15, 0.2) is 71.8 Å². The molecule has 7 heteroatoms. The summed E-state index contributed by atoms with van der Waals surface area (Å²) in [6.45, 7) is 2.56. The summed E-state index contributed by atoms with van der Waals surface area (Å²) >= 11 is 0. The monoisotopic (exact) mass is 386 g/mol. The predicted molar refractivity (Wildman–Crippen MR) is 109 cm³/mol. The lowest BCUT2D eigenvalue weighted by Crippen LogP contribution is -2.36. The Morgan fingerprint density at radius 3 is 2.76 bits per heavy atom. The van der Waals surface area contributed by atoms with Gasteiger partial charge < -0.3 is 14.0 Å². The van der Waals surface area contributed by atoms with Crippen molar-refractivity contribution in [3.05, 3.63) is 78.6 Å². The molecule has 29 heavy (non-hydrogen) atoms.